The van der Waals surface area contributed by atoms with Crippen molar-refractivity contribution in [2.24, 2.45) is 0 Å². The van der Waals surface area contributed by atoms with Crippen molar-refractivity contribution in [2.45, 2.75) is 6.42 Å². The van der Waals surface area contributed by atoms with Crippen molar-refractivity contribution >= 4 is 11.8 Å². The number of carbonyl (C=O) groups is 1. The van der Waals surface area contributed by atoms with Gasteiger partial charge in [0.25, 0.3) is 0 Å². The molecular formula is C17H18N2O2. The topological polar surface area (TPSA) is 42.4 Å². The summed E-state index contributed by atoms with van der Waals surface area (Å²) in [5, 5.41) is 0. The van der Waals surface area contributed by atoms with Crippen LogP contribution in [-0.4, -0.2) is 24.2 Å². The Morgan fingerprint density at radius 3 is 2.62 bits per heavy atom. The Morgan fingerprint density at radius 2 is 1.95 bits per heavy atom. The molecule has 0 saturated heterocycles. The van der Waals surface area contributed by atoms with Gasteiger partial charge >= 0.3 is 6.09 Å². The molecule has 0 bridgehead atoms. The summed E-state index contributed by atoms with van der Waals surface area (Å²) in [6.45, 7) is 4.39. The Labute approximate surface area is 124 Å². The summed E-state index contributed by atoms with van der Waals surface area (Å²) in [7, 11) is 0. The Bertz CT molecular complexity index is 570. The van der Waals surface area contributed by atoms with Crippen molar-refractivity contribution in [3.05, 3.63) is 73.1 Å². The Hall–Kier alpha value is -2.62. The average Bonchev–Trinajstić information content (AvgIpc) is 2.54. The van der Waals surface area contributed by atoms with E-state index in [0.29, 0.717) is 19.6 Å². The smallest absolute Gasteiger partial charge is 0.414 e. The summed E-state index contributed by atoms with van der Waals surface area (Å²) in [5.41, 5.74) is 1.69. The third-order valence-corrected chi connectivity index (χ3v) is 2.91. The predicted octanol–water partition coefficient (Wildman–Crippen LogP) is 3.45. The lowest BCUT2D eigenvalue weighted by Crippen LogP contribution is -2.32. The summed E-state index contributed by atoms with van der Waals surface area (Å²) in [5.74, 6) is 0. The molecule has 1 aromatic carbocycles. The van der Waals surface area contributed by atoms with Gasteiger partial charge < -0.3 is 4.74 Å². The predicted molar refractivity (Wildman–Crippen MR) is 83.3 cm³/mol. The van der Waals surface area contributed by atoms with E-state index in [2.05, 4.69) is 11.6 Å². The van der Waals surface area contributed by atoms with E-state index >= 15 is 0 Å². The van der Waals surface area contributed by atoms with Gasteiger partial charge in [0.15, 0.2) is 0 Å². The number of rotatable bonds is 6. The zero-order valence-electron chi connectivity index (χ0n) is 11.8. The highest BCUT2D eigenvalue weighted by Crippen LogP contribution is 2.14. The second kappa shape index (κ2) is 7.85. The van der Waals surface area contributed by atoms with Crippen molar-refractivity contribution in [1.29, 1.82) is 0 Å². The highest BCUT2D eigenvalue weighted by molar-refractivity contribution is 5.87. The maximum atomic E-state index is 12.2. The summed E-state index contributed by atoms with van der Waals surface area (Å²) >= 11 is 0. The maximum absolute atomic E-state index is 12.2. The Balaban J connectivity index is 1.92. The molecule has 2 aromatic rings. The van der Waals surface area contributed by atoms with E-state index in [-0.39, 0.29) is 6.09 Å². The van der Waals surface area contributed by atoms with Crippen LogP contribution in [0, 0.1) is 0 Å². The highest BCUT2D eigenvalue weighted by atomic mass is 16.6. The summed E-state index contributed by atoms with van der Waals surface area (Å²) in [4.78, 5) is 17.9. The minimum absolute atomic E-state index is 0.302. The van der Waals surface area contributed by atoms with E-state index in [1.54, 1.807) is 17.2 Å². The van der Waals surface area contributed by atoms with Gasteiger partial charge in [-0.05, 0) is 24.3 Å². The van der Waals surface area contributed by atoms with Crippen LogP contribution in [0.1, 0.15) is 5.69 Å². The van der Waals surface area contributed by atoms with Gasteiger partial charge in [-0.2, -0.15) is 0 Å². The van der Waals surface area contributed by atoms with Gasteiger partial charge in [0, 0.05) is 30.5 Å². The quantitative estimate of drug-likeness (QED) is 0.762. The fourth-order valence-electron chi connectivity index (χ4n) is 1.89. The SMILES string of the molecule is C=CCN(C(=O)OCCc1ccccn1)c1ccccc1. The van der Waals surface area contributed by atoms with Crippen LogP contribution in [-0.2, 0) is 11.2 Å². The lowest BCUT2D eigenvalue weighted by molar-refractivity contribution is 0.155. The number of para-hydroxylation sites is 1. The van der Waals surface area contributed by atoms with Crippen molar-refractivity contribution in [3.63, 3.8) is 0 Å². The molecule has 4 heteroatoms. The van der Waals surface area contributed by atoms with Gasteiger partial charge in [-0.25, -0.2) is 4.79 Å². The van der Waals surface area contributed by atoms with Crippen LogP contribution in [0.5, 0.6) is 0 Å². The molecule has 21 heavy (non-hydrogen) atoms. The minimum atomic E-state index is -0.378. The van der Waals surface area contributed by atoms with Crippen LogP contribution >= 0.6 is 0 Å². The number of hydrogen-bond acceptors (Lipinski definition) is 3. The normalized spacial score (nSPS) is 9.90. The number of hydrogen-bond donors (Lipinski definition) is 0. The van der Waals surface area contributed by atoms with Crippen LogP contribution in [0.4, 0.5) is 10.5 Å². The molecule has 0 unspecified atom stereocenters. The van der Waals surface area contributed by atoms with E-state index in [1.807, 2.05) is 48.5 Å². The molecule has 2 rings (SSSR count). The van der Waals surface area contributed by atoms with Crippen molar-refractivity contribution in [2.75, 3.05) is 18.1 Å². The summed E-state index contributed by atoms with van der Waals surface area (Å²) in [6.07, 6.45) is 3.62. The number of amides is 1. The first-order valence-corrected chi connectivity index (χ1v) is 6.81. The molecule has 0 spiro atoms. The van der Waals surface area contributed by atoms with Gasteiger partial charge in [-0.3, -0.25) is 9.88 Å². The molecule has 0 atom stereocenters. The highest BCUT2D eigenvalue weighted by Gasteiger charge is 2.15. The van der Waals surface area contributed by atoms with Crippen LogP contribution in [0.2, 0.25) is 0 Å². The second-order valence-electron chi connectivity index (χ2n) is 4.42. The van der Waals surface area contributed by atoms with Gasteiger partial charge in [0.2, 0.25) is 0 Å². The molecule has 0 fully saturated rings. The Morgan fingerprint density at radius 1 is 1.19 bits per heavy atom. The van der Waals surface area contributed by atoms with Crippen LogP contribution in [0.25, 0.3) is 0 Å². The van der Waals surface area contributed by atoms with E-state index in [0.717, 1.165) is 11.4 Å². The molecule has 108 valence electrons. The van der Waals surface area contributed by atoms with Gasteiger partial charge in [0.1, 0.15) is 0 Å². The fraction of sp³-hybridized carbons (Fsp3) is 0.176. The third kappa shape index (κ3) is 4.45. The van der Waals surface area contributed by atoms with Crippen LogP contribution < -0.4 is 4.90 Å². The zero-order valence-corrected chi connectivity index (χ0v) is 11.8. The first-order valence-electron chi connectivity index (χ1n) is 6.81. The summed E-state index contributed by atoms with van der Waals surface area (Å²) < 4.78 is 5.31. The van der Waals surface area contributed by atoms with E-state index in [4.69, 9.17) is 4.74 Å². The first kappa shape index (κ1) is 14.8. The van der Waals surface area contributed by atoms with Crippen molar-refractivity contribution in [3.8, 4) is 0 Å². The number of nitrogens with zero attached hydrogens (tertiary/aromatic N) is 2. The van der Waals surface area contributed by atoms with Crippen molar-refractivity contribution in [1.82, 2.24) is 4.98 Å². The maximum Gasteiger partial charge on any atom is 0.414 e. The van der Waals surface area contributed by atoms with Gasteiger partial charge in [-0.1, -0.05) is 30.3 Å². The molecule has 0 saturated carbocycles. The molecule has 0 N–H and O–H groups in total. The number of aromatic nitrogens is 1. The molecule has 1 amide bonds. The number of benzene rings is 1. The van der Waals surface area contributed by atoms with Crippen molar-refractivity contribution < 1.29 is 9.53 Å². The lowest BCUT2D eigenvalue weighted by atomic mass is 10.3. The molecule has 0 aliphatic heterocycles. The van der Waals surface area contributed by atoms with Crippen LogP contribution in [0.15, 0.2) is 67.4 Å². The van der Waals surface area contributed by atoms with E-state index in [9.17, 15) is 4.79 Å². The number of carbonyl (C=O) groups excluding carboxylic acids is 1. The van der Waals surface area contributed by atoms with E-state index < -0.39 is 0 Å². The third-order valence-electron chi connectivity index (χ3n) is 2.91. The first-order chi connectivity index (χ1) is 10.3. The Kier molecular flexibility index (Phi) is 5.52. The molecule has 1 heterocycles. The summed E-state index contributed by atoms with van der Waals surface area (Å²) in [6, 6.07) is 15.1. The molecule has 1 aromatic heterocycles. The largest absolute Gasteiger partial charge is 0.449 e. The molecule has 0 aliphatic carbocycles. The van der Waals surface area contributed by atoms with Gasteiger partial charge in [0.05, 0.1) is 6.61 Å². The fourth-order valence-corrected chi connectivity index (χ4v) is 1.89. The number of pyridine rings is 1. The minimum Gasteiger partial charge on any atom is -0.449 e. The molecule has 0 radical (unpaired) electrons. The molecule has 0 aliphatic rings. The van der Waals surface area contributed by atoms with E-state index in [1.165, 1.54) is 0 Å². The second-order valence-corrected chi connectivity index (χ2v) is 4.42. The average molecular weight is 282 g/mol. The molecular weight excluding hydrogens is 264 g/mol. The van der Waals surface area contributed by atoms with Gasteiger partial charge in [-0.15, -0.1) is 6.58 Å². The monoisotopic (exact) mass is 282 g/mol. The van der Waals surface area contributed by atoms with Crippen LogP contribution in [0.3, 0.4) is 0 Å². The zero-order chi connectivity index (χ0) is 14.9. The lowest BCUT2D eigenvalue weighted by Gasteiger charge is -2.20. The standard InChI is InChI=1S/C17H18N2O2/c1-2-13-19(16-9-4-3-5-10-16)17(20)21-14-11-15-8-6-7-12-18-15/h2-10,12H,1,11,13-14H2. The number of anilines is 1. The number of ether oxygens (including phenoxy) is 1. The molecule has 4 nitrogen and oxygen atoms in total.